The van der Waals surface area contributed by atoms with E-state index in [-0.39, 0.29) is 0 Å². The van der Waals surface area contributed by atoms with Gasteiger partial charge in [0.1, 0.15) is 0 Å². The molecule has 4 heteroatoms. The van der Waals surface area contributed by atoms with Gasteiger partial charge in [0.05, 0.1) is 18.2 Å². The highest BCUT2D eigenvalue weighted by Gasteiger charge is 2.45. The molecule has 2 aromatic rings. The minimum absolute atomic E-state index is 0.377. The molecule has 2 fully saturated rings. The van der Waals surface area contributed by atoms with E-state index >= 15 is 0 Å². The van der Waals surface area contributed by atoms with Crippen molar-refractivity contribution in [2.75, 3.05) is 13.1 Å². The van der Waals surface area contributed by atoms with Crippen LogP contribution in [0.5, 0.6) is 0 Å². The Morgan fingerprint density at radius 1 is 1.04 bits per heavy atom. The number of hydrogen-bond donors (Lipinski definition) is 3. The molecule has 4 nitrogen and oxygen atoms in total. The van der Waals surface area contributed by atoms with Crippen LogP contribution in [0, 0.1) is 11.8 Å². The van der Waals surface area contributed by atoms with Gasteiger partial charge in [-0.25, -0.2) is 0 Å². The van der Waals surface area contributed by atoms with Crippen LogP contribution >= 0.6 is 0 Å². The number of aromatic nitrogens is 1. The van der Waals surface area contributed by atoms with Crippen LogP contribution in [0.3, 0.4) is 0 Å². The SMILES string of the molecule is O[C@@H]1C[C@H]2C[C@@H](C[C@@H]1O)CN1CCc3c([nH]c4ccccc34)[C@@H]21. The van der Waals surface area contributed by atoms with Crippen molar-refractivity contribution in [2.45, 2.75) is 43.9 Å². The summed E-state index contributed by atoms with van der Waals surface area (Å²) in [5, 5.41) is 21.8. The second kappa shape index (κ2) is 5.07. The number of hydrogen-bond acceptors (Lipinski definition) is 3. The molecule has 1 saturated carbocycles. The molecule has 3 aliphatic rings. The van der Waals surface area contributed by atoms with Crippen molar-refractivity contribution in [1.29, 1.82) is 0 Å². The number of rotatable bonds is 0. The summed E-state index contributed by atoms with van der Waals surface area (Å²) >= 11 is 0. The first-order valence-corrected chi connectivity index (χ1v) is 8.90. The van der Waals surface area contributed by atoms with Crippen molar-refractivity contribution in [3.63, 3.8) is 0 Å². The number of aliphatic hydroxyl groups is 2. The molecule has 0 unspecified atom stereocenters. The van der Waals surface area contributed by atoms with Crippen molar-refractivity contribution >= 4 is 10.9 Å². The summed E-state index contributed by atoms with van der Waals surface area (Å²) in [5.74, 6) is 0.961. The normalized spacial score (nSPS) is 37.2. The first kappa shape index (κ1) is 14.0. The number of piperidine rings is 1. The highest BCUT2D eigenvalue weighted by molar-refractivity contribution is 5.85. The lowest BCUT2D eigenvalue weighted by atomic mass is 9.77. The second-order valence-electron chi connectivity index (χ2n) is 7.72. The van der Waals surface area contributed by atoms with Gasteiger partial charge in [-0.05, 0) is 49.1 Å². The summed E-state index contributed by atoms with van der Waals surface area (Å²) < 4.78 is 0. The molecule has 1 aromatic heterocycles. The zero-order valence-corrected chi connectivity index (χ0v) is 13.3. The fraction of sp³-hybridized carbons (Fsp3) is 0.579. The quantitative estimate of drug-likeness (QED) is 0.699. The maximum Gasteiger partial charge on any atom is 0.0802 e. The molecule has 1 saturated heterocycles. The molecule has 1 aliphatic carbocycles. The van der Waals surface area contributed by atoms with Gasteiger partial charge in [-0.1, -0.05) is 18.2 Å². The Labute approximate surface area is 136 Å². The minimum atomic E-state index is -0.570. The third-order valence-electron chi connectivity index (χ3n) is 6.32. The van der Waals surface area contributed by atoms with Crippen molar-refractivity contribution in [1.82, 2.24) is 9.88 Å². The van der Waals surface area contributed by atoms with E-state index < -0.39 is 12.2 Å². The van der Waals surface area contributed by atoms with E-state index in [1.807, 2.05) is 0 Å². The lowest BCUT2D eigenvalue weighted by Gasteiger charge is -2.46. The van der Waals surface area contributed by atoms with Crippen molar-refractivity contribution in [3.8, 4) is 0 Å². The van der Waals surface area contributed by atoms with E-state index in [4.69, 9.17) is 0 Å². The average Bonchev–Trinajstić information content (AvgIpc) is 2.87. The van der Waals surface area contributed by atoms with Crippen LogP contribution < -0.4 is 0 Å². The number of nitrogens with zero attached hydrogens (tertiary/aromatic N) is 1. The number of aliphatic hydroxyl groups excluding tert-OH is 2. The molecule has 3 N–H and O–H groups in total. The minimum Gasteiger partial charge on any atom is -0.390 e. The summed E-state index contributed by atoms with van der Waals surface area (Å²) in [5.41, 5.74) is 4.07. The number of fused-ring (bicyclic) bond motifs is 8. The summed E-state index contributed by atoms with van der Waals surface area (Å²) in [6.07, 6.45) is 2.58. The molecule has 122 valence electrons. The highest BCUT2D eigenvalue weighted by atomic mass is 16.3. The molecule has 2 aliphatic heterocycles. The molecule has 1 aromatic carbocycles. The van der Waals surface area contributed by atoms with Gasteiger partial charge in [0.2, 0.25) is 0 Å². The number of para-hydroxylation sites is 1. The largest absolute Gasteiger partial charge is 0.390 e. The van der Waals surface area contributed by atoms with Crippen LogP contribution in [-0.2, 0) is 6.42 Å². The van der Waals surface area contributed by atoms with Crippen LogP contribution in [0.2, 0.25) is 0 Å². The molecule has 23 heavy (non-hydrogen) atoms. The Morgan fingerprint density at radius 3 is 2.78 bits per heavy atom. The topological polar surface area (TPSA) is 59.5 Å². The van der Waals surface area contributed by atoms with E-state index in [2.05, 4.69) is 34.1 Å². The highest BCUT2D eigenvalue weighted by Crippen LogP contribution is 2.48. The summed E-state index contributed by atoms with van der Waals surface area (Å²) in [4.78, 5) is 6.28. The molecule has 3 heterocycles. The van der Waals surface area contributed by atoms with Crippen molar-refractivity contribution < 1.29 is 10.2 Å². The van der Waals surface area contributed by atoms with Gasteiger partial charge in [-0.15, -0.1) is 0 Å². The molecule has 0 spiro atoms. The Hall–Kier alpha value is -1.36. The lowest BCUT2D eigenvalue weighted by molar-refractivity contribution is 0.00594. The van der Waals surface area contributed by atoms with Crippen LogP contribution in [0.15, 0.2) is 24.3 Å². The summed E-state index contributed by atoms with van der Waals surface area (Å²) in [7, 11) is 0. The van der Waals surface area contributed by atoms with Gasteiger partial charge < -0.3 is 15.2 Å². The molecular weight excluding hydrogens is 288 g/mol. The van der Waals surface area contributed by atoms with Gasteiger partial charge in [-0.3, -0.25) is 4.90 Å². The molecule has 2 bridgehead atoms. The van der Waals surface area contributed by atoms with E-state index in [9.17, 15) is 10.2 Å². The van der Waals surface area contributed by atoms with Crippen LogP contribution in [0.4, 0.5) is 0 Å². The predicted molar refractivity (Wildman–Crippen MR) is 89.2 cm³/mol. The Kier molecular flexibility index (Phi) is 3.09. The Bertz CT molecular complexity index is 740. The van der Waals surface area contributed by atoms with E-state index in [1.165, 1.54) is 22.2 Å². The smallest absolute Gasteiger partial charge is 0.0802 e. The molecule has 5 rings (SSSR count). The molecular formula is C19H24N2O2. The van der Waals surface area contributed by atoms with Crippen LogP contribution in [-0.4, -0.2) is 45.4 Å². The molecule has 5 atom stereocenters. The van der Waals surface area contributed by atoms with E-state index in [0.717, 1.165) is 32.4 Å². The van der Waals surface area contributed by atoms with Gasteiger partial charge in [-0.2, -0.15) is 0 Å². The lowest BCUT2D eigenvalue weighted by Crippen LogP contribution is -2.46. The zero-order chi connectivity index (χ0) is 15.6. The molecule has 0 amide bonds. The Morgan fingerprint density at radius 2 is 1.87 bits per heavy atom. The Balaban J connectivity index is 1.60. The maximum absolute atomic E-state index is 10.3. The van der Waals surface area contributed by atoms with Gasteiger partial charge in [0.25, 0.3) is 0 Å². The average molecular weight is 312 g/mol. The van der Waals surface area contributed by atoms with Crippen molar-refractivity contribution in [3.05, 3.63) is 35.5 Å². The zero-order valence-electron chi connectivity index (χ0n) is 13.3. The monoisotopic (exact) mass is 312 g/mol. The number of aromatic amines is 1. The van der Waals surface area contributed by atoms with Crippen LogP contribution in [0.25, 0.3) is 10.9 Å². The van der Waals surface area contributed by atoms with Gasteiger partial charge in [0.15, 0.2) is 0 Å². The van der Waals surface area contributed by atoms with Crippen molar-refractivity contribution in [2.24, 2.45) is 11.8 Å². The third kappa shape index (κ3) is 2.09. The standard InChI is InChI=1S/C19H24N2O2/c22-16-8-11-7-12(9-17(16)23)19-18-14(5-6-21(19)10-11)13-3-1-2-4-15(13)20-18/h1-4,11-12,16-17,19-20,22-23H,5-10H2/t11-,12+,16-,17+,19+/m0/s1. The summed E-state index contributed by atoms with van der Waals surface area (Å²) in [6.45, 7) is 2.15. The maximum atomic E-state index is 10.3. The summed E-state index contributed by atoms with van der Waals surface area (Å²) in [6, 6.07) is 8.96. The van der Waals surface area contributed by atoms with Gasteiger partial charge in [0, 0.05) is 29.7 Å². The number of nitrogens with one attached hydrogen (secondary N) is 1. The first-order valence-electron chi connectivity index (χ1n) is 8.90. The fourth-order valence-electron chi connectivity index (χ4n) is 5.38. The second-order valence-corrected chi connectivity index (χ2v) is 7.72. The number of H-pyrrole nitrogens is 1. The van der Waals surface area contributed by atoms with Gasteiger partial charge >= 0.3 is 0 Å². The van der Waals surface area contributed by atoms with E-state index in [1.54, 1.807) is 0 Å². The first-order chi connectivity index (χ1) is 11.2. The number of benzene rings is 1. The third-order valence-corrected chi connectivity index (χ3v) is 6.32. The predicted octanol–water partition coefficient (Wildman–Crippen LogP) is 2.22. The fourth-order valence-corrected chi connectivity index (χ4v) is 5.38. The van der Waals surface area contributed by atoms with E-state index in [0.29, 0.717) is 24.3 Å². The molecule has 0 radical (unpaired) electrons. The van der Waals surface area contributed by atoms with Crippen LogP contribution in [0.1, 0.15) is 36.6 Å².